The van der Waals surface area contributed by atoms with E-state index in [0.29, 0.717) is 23.1 Å². The molecule has 3 nitrogen and oxygen atoms in total. The fourth-order valence-electron chi connectivity index (χ4n) is 1.73. The molecule has 0 aliphatic carbocycles. The lowest BCUT2D eigenvalue weighted by Gasteiger charge is -2.16. The summed E-state index contributed by atoms with van der Waals surface area (Å²) in [4.78, 5) is 0.364. The van der Waals surface area contributed by atoms with Crippen LogP contribution >= 0.6 is 39.1 Å². The summed E-state index contributed by atoms with van der Waals surface area (Å²) in [5, 5.41) is 0.649. The number of alkyl halides is 1. The zero-order valence-electron chi connectivity index (χ0n) is 8.74. The van der Waals surface area contributed by atoms with Crippen molar-refractivity contribution < 1.29 is 8.42 Å². The molecule has 1 aliphatic rings. The molecule has 1 unspecified atom stereocenters. The van der Waals surface area contributed by atoms with Gasteiger partial charge in [0, 0.05) is 28.0 Å². The molecule has 0 bridgehead atoms. The van der Waals surface area contributed by atoms with Gasteiger partial charge in [0.1, 0.15) is 0 Å². The highest BCUT2D eigenvalue weighted by molar-refractivity contribution is 9.09. The van der Waals surface area contributed by atoms with Crippen LogP contribution in [0.1, 0.15) is 6.42 Å². The lowest BCUT2D eigenvalue weighted by atomic mass is 10.4. The Morgan fingerprint density at radius 3 is 2.29 bits per heavy atom. The number of hydrogen-bond donors (Lipinski definition) is 0. The number of sulfonamides is 1. The first-order valence-corrected chi connectivity index (χ1v) is 8.11. The van der Waals surface area contributed by atoms with Crippen molar-refractivity contribution in [3.8, 4) is 0 Å². The SMILES string of the molecule is O=S(=O)(c1cc(Cl)cc(Cl)c1)N1CCC(Br)C1. The van der Waals surface area contributed by atoms with Crippen molar-refractivity contribution in [2.75, 3.05) is 13.1 Å². The predicted molar refractivity (Wildman–Crippen MR) is 72.6 cm³/mol. The largest absolute Gasteiger partial charge is 0.243 e. The van der Waals surface area contributed by atoms with Crippen LogP contribution in [0, 0.1) is 0 Å². The van der Waals surface area contributed by atoms with Crippen LogP contribution in [0.3, 0.4) is 0 Å². The highest BCUT2D eigenvalue weighted by Crippen LogP contribution is 2.28. The summed E-state index contributed by atoms with van der Waals surface area (Å²) < 4.78 is 26.0. The lowest BCUT2D eigenvalue weighted by molar-refractivity contribution is 0.478. The maximum Gasteiger partial charge on any atom is 0.243 e. The third kappa shape index (κ3) is 2.96. The summed E-state index contributed by atoms with van der Waals surface area (Å²) >= 11 is 15.0. The lowest BCUT2D eigenvalue weighted by Crippen LogP contribution is -2.28. The van der Waals surface area contributed by atoms with Gasteiger partial charge in [-0.2, -0.15) is 4.31 Å². The second-order valence-electron chi connectivity index (χ2n) is 3.85. The van der Waals surface area contributed by atoms with E-state index in [2.05, 4.69) is 15.9 Å². The fourth-order valence-corrected chi connectivity index (χ4v) is 4.71. The van der Waals surface area contributed by atoms with E-state index < -0.39 is 10.0 Å². The molecule has 0 N–H and O–H groups in total. The standard InChI is InChI=1S/C10H10BrCl2NO2S/c11-7-1-2-14(6-7)17(15,16)10-4-8(12)3-9(13)5-10/h3-5,7H,1-2,6H2. The first-order valence-electron chi connectivity index (χ1n) is 5.00. The van der Waals surface area contributed by atoms with Crippen molar-refractivity contribution in [2.24, 2.45) is 0 Å². The summed E-state index contributed by atoms with van der Waals surface area (Å²) in [7, 11) is -3.48. The van der Waals surface area contributed by atoms with Gasteiger partial charge in [-0.3, -0.25) is 0 Å². The molecule has 1 heterocycles. The molecule has 0 amide bonds. The van der Waals surface area contributed by atoms with Crippen LogP contribution in [0.4, 0.5) is 0 Å². The molecule has 0 spiro atoms. The Morgan fingerprint density at radius 1 is 1.24 bits per heavy atom. The van der Waals surface area contributed by atoms with Crippen LogP contribution in [0.25, 0.3) is 0 Å². The van der Waals surface area contributed by atoms with Crippen LogP contribution in [0.15, 0.2) is 23.1 Å². The van der Waals surface area contributed by atoms with Crippen LogP contribution in [-0.2, 0) is 10.0 Å². The van der Waals surface area contributed by atoms with E-state index in [1.807, 2.05) is 0 Å². The molecule has 1 atom stereocenters. The zero-order chi connectivity index (χ0) is 12.6. The predicted octanol–water partition coefficient (Wildman–Crippen LogP) is 3.15. The molecule has 1 aromatic carbocycles. The molecule has 7 heteroatoms. The highest BCUT2D eigenvalue weighted by atomic mass is 79.9. The van der Waals surface area contributed by atoms with E-state index in [4.69, 9.17) is 23.2 Å². The van der Waals surface area contributed by atoms with Crippen LogP contribution < -0.4 is 0 Å². The molecule has 1 fully saturated rings. The van der Waals surface area contributed by atoms with Crippen LogP contribution in [0.2, 0.25) is 10.0 Å². The number of benzene rings is 1. The minimum Gasteiger partial charge on any atom is -0.207 e. The Hall–Kier alpha value is 0.190. The Bertz CT molecular complexity index is 515. The van der Waals surface area contributed by atoms with Crippen LogP contribution in [0.5, 0.6) is 0 Å². The third-order valence-corrected chi connectivity index (χ3v) is 5.59. The second kappa shape index (κ2) is 5.05. The second-order valence-corrected chi connectivity index (χ2v) is 7.96. The number of nitrogens with zero attached hydrogens (tertiary/aromatic N) is 1. The molecular formula is C10H10BrCl2NO2S. The molecule has 0 saturated carbocycles. The first-order chi connectivity index (χ1) is 7.89. The molecule has 1 aromatic rings. The average molecular weight is 359 g/mol. The minimum atomic E-state index is -3.48. The molecule has 0 radical (unpaired) electrons. The summed E-state index contributed by atoms with van der Waals surface area (Å²) in [6.45, 7) is 0.995. The summed E-state index contributed by atoms with van der Waals surface area (Å²) in [5.74, 6) is 0. The maximum atomic E-state index is 12.3. The van der Waals surface area contributed by atoms with E-state index in [9.17, 15) is 8.42 Å². The zero-order valence-corrected chi connectivity index (χ0v) is 12.7. The average Bonchev–Trinajstić information content (AvgIpc) is 2.64. The van der Waals surface area contributed by atoms with Gasteiger partial charge in [-0.1, -0.05) is 39.1 Å². The summed E-state index contributed by atoms with van der Waals surface area (Å²) in [6.07, 6.45) is 0.813. The van der Waals surface area contributed by atoms with Gasteiger partial charge in [0.25, 0.3) is 0 Å². The van der Waals surface area contributed by atoms with Crippen molar-refractivity contribution in [1.82, 2.24) is 4.31 Å². The number of halogens is 3. The number of rotatable bonds is 2. The van der Waals surface area contributed by atoms with Crippen molar-refractivity contribution in [3.05, 3.63) is 28.2 Å². The summed E-state index contributed by atoms with van der Waals surface area (Å²) in [5.41, 5.74) is 0. The van der Waals surface area contributed by atoms with Gasteiger partial charge in [-0.15, -0.1) is 0 Å². The van der Waals surface area contributed by atoms with E-state index in [1.54, 1.807) is 0 Å². The maximum absolute atomic E-state index is 12.3. The van der Waals surface area contributed by atoms with Crippen LogP contribution in [-0.4, -0.2) is 30.6 Å². The van der Waals surface area contributed by atoms with Crippen molar-refractivity contribution in [3.63, 3.8) is 0 Å². The van der Waals surface area contributed by atoms with Gasteiger partial charge in [0.15, 0.2) is 0 Å². The van der Waals surface area contributed by atoms with Gasteiger partial charge in [0.2, 0.25) is 10.0 Å². The van der Waals surface area contributed by atoms with Gasteiger partial charge in [-0.05, 0) is 24.6 Å². The van der Waals surface area contributed by atoms with E-state index in [-0.39, 0.29) is 9.72 Å². The smallest absolute Gasteiger partial charge is 0.207 e. The monoisotopic (exact) mass is 357 g/mol. The minimum absolute atomic E-state index is 0.150. The topological polar surface area (TPSA) is 37.4 Å². The molecule has 1 saturated heterocycles. The molecular weight excluding hydrogens is 349 g/mol. The first kappa shape index (κ1) is 13.6. The van der Waals surface area contributed by atoms with E-state index >= 15 is 0 Å². The quantitative estimate of drug-likeness (QED) is 0.761. The fraction of sp³-hybridized carbons (Fsp3) is 0.400. The Labute approximate surface area is 119 Å². The van der Waals surface area contributed by atoms with Gasteiger partial charge in [0.05, 0.1) is 4.90 Å². The normalized spacial score (nSPS) is 21.9. The van der Waals surface area contributed by atoms with E-state index in [0.717, 1.165) is 6.42 Å². The van der Waals surface area contributed by atoms with Crippen molar-refractivity contribution in [2.45, 2.75) is 16.1 Å². The molecule has 2 rings (SSSR count). The molecule has 0 aromatic heterocycles. The molecule has 94 valence electrons. The third-order valence-electron chi connectivity index (χ3n) is 2.57. The van der Waals surface area contributed by atoms with E-state index in [1.165, 1.54) is 22.5 Å². The Balaban J connectivity index is 2.38. The Kier molecular flexibility index (Phi) is 4.05. The van der Waals surface area contributed by atoms with Gasteiger partial charge in [-0.25, -0.2) is 8.42 Å². The van der Waals surface area contributed by atoms with Crippen molar-refractivity contribution >= 4 is 49.2 Å². The summed E-state index contributed by atoms with van der Waals surface area (Å²) in [6, 6.07) is 4.36. The van der Waals surface area contributed by atoms with Crippen molar-refractivity contribution in [1.29, 1.82) is 0 Å². The molecule has 17 heavy (non-hydrogen) atoms. The number of hydrogen-bond acceptors (Lipinski definition) is 2. The Morgan fingerprint density at radius 2 is 1.82 bits per heavy atom. The molecule has 1 aliphatic heterocycles. The highest BCUT2D eigenvalue weighted by Gasteiger charge is 2.31. The van der Waals surface area contributed by atoms with Gasteiger partial charge >= 0.3 is 0 Å². The van der Waals surface area contributed by atoms with Gasteiger partial charge < -0.3 is 0 Å².